The van der Waals surface area contributed by atoms with Gasteiger partial charge < -0.3 is 5.11 Å². The molecule has 0 radical (unpaired) electrons. The third kappa shape index (κ3) is 2.50. The topological polar surface area (TPSA) is 56.9 Å². The van der Waals surface area contributed by atoms with E-state index in [2.05, 4.69) is 6.07 Å². The Kier molecular flexibility index (Phi) is 3.85. The van der Waals surface area contributed by atoms with Crippen molar-refractivity contribution in [3.8, 4) is 22.9 Å². The number of benzene rings is 1. The van der Waals surface area contributed by atoms with Crippen molar-refractivity contribution in [2.45, 2.75) is 30.7 Å². The Balaban J connectivity index is 2.30. The quantitative estimate of drug-likeness (QED) is 0.853. The Labute approximate surface area is 128 Å². The first-order chi connectivity index (χ1) is 10.2. The van der Waals surface area contributed by atoms with Crippen LogP contribution in [0, 0.1) is 11.3 Å². The van der Waals surface area contributed by atoms with Gasteiger partial charge in [-0.05, 0) is 55.2 Å². The van der Waals surface area contributed by atoms with Gasteiger partial charge in [0.2, 0.25) is 0 Å². The molecule has 3 nitrogen and oxygen atoms in total. The van der Waals surface area contributed by atoms with Gasteiger partial charge in [-0.1, -0.05) is 12.1 Å². The summed E-state index contributed by atoms with van der Waals surface area (Å²) >= 11 is 1.52. The molecule has 0 atom stereocenters. The van der Waals surface area contributed by atoms with Crippen LogP contribution in [0.1, 0.15) is 29.7 Å². The van der Waals surface area contributed by atoms with E-state index in [-0.39, 0.29) is 5.75 Å². The number of aryl methyl sites for hydroxylation is 1. The van der Waals surface area contributed by atoms with E-state index >= 15 is 0 Å². The summed E-state index contributed by atoms with van der Waals surface area (Å²) in [6, 6.07) is 9.43. The lowest BCUT2D eigenvalue weighted by Gasteiger charge is -2.21. The van der Waals surface area contributed by atoms with Crippen LogP contribution in [0.5, 0.6) is 5.75 Å². The first kappa shape index (κ1) is 14.0. The molecular weight excluding hydrogens is 280 g/mol. The monoisotopic (exact) mass is 296 g/mol. The van der Waals surface area contributed by atoms with Crippen LogP contribution < -0.4 is 0 Å². The molecule has 106 valence electrons. The first-order valence-electron chi connectivity index (χ1n) is 7.04. The normalized spacial score (nSPS) is 13.5. The largest absolute Gasteiger partial charge is 0.508 e. The van der Waals surface area contributed by atoms with Crippen molar-refractivity contribution < 1.29 is 5.11 Å². The number of phenols is 1. The average Bonchev–Trinajstić information content (AvgIpc) is 2.53. The summed E-state index contributed by atoms with van der Waals surface area (Å²) in [4.78, 5) is 4.70. The number of nitrogens with zero attached hydrogens (tertiary/aromatic N) is 2. The number of hydrogen-bond acceptors (Lipinski definition) is 4. The fourth-order valence-corrected chi connectivity index (χ4v) is 3.47. The maximum Gasteiger partial charge on any atom is 0.115 e. The minimum atomic E-state index is 0.241. The molecule has 1 aliphatic carbocycles. The van der Waals surface area contributed by atoms with Crippen LogP contribution in [-0.4, -0.2) is 16.3 Å². The molecular formula is C17H16N2OS. The van der Waals surface area contributed by atoms with Gasteiger partial charge >= 0.3 is 0 Å². The number of pyridine rings is 1. The van der Waals surface area contributed by atoms with Gasteiger partial charge in [-0.25, -0.2) is 4.98 Å². The predicted molar refractivity (Wildman–Crippen MR) is 84.5 cm³/mol. The highest BCUT2D eigenvalue weighted by molar-refractivity contribution is 7.98. The maximum absolute atomic E-state index is 9.60. The number of aromatic hydroxyl groups is 1. The van der Waals surface area contributed by atoms with Crippen molar-refractivity contribution in [2.75, 3.05) is 6.26 Å². The van der Waals surface area contributed by atoms with Crippen molar-refractivity contribution in [1.29, 1.82) is 5.26 Å². The zero-order chi connectivity index (χ0) is 14.8. The summed E-state index contributed by atoms with van der Waals surface area (Å²) in [7, 11) is 0. The van der Waals surface area contributed by atoms with E-state index in [0.29, 0.717) is 5.56 Å². The van der Waals surface area contributed by atoms with Gasteiger partial charge in [-0.2, -0.15) is 5.26 Å². The van der Waals surface area contributed by atoms with E-state index in [1.54, 1.807) is 12.1 Å². The lowest BCUT2D eigenvalue weighted by atomic mass is 9.87. The summed E-state index contributed by atoms with van der Waals surface area (Å²) in [6.07, 6.45) is 6.22. The molecule has 0 amide bonds. The van der Waals surface area contributed by atoms with Crippen LogP contribution in [0.2, 0.25) is 0 Å². The Hall–Kier alpha value is -1.99. The molecule has 1 heterocycles. The summed E-state index contributed by atoms with van der Waals surface area (Å²) in [5.74, 6) is 0.241. The molecule has 0 unspecified atom stereocenters. The van der Waals surface area contributed by atoms with E-state index in [1.807, 2.05) is 18.4 Å². The Bertz CT molecular complexity index is 717. The number of rotatable bonds is 2. The number of fused-ring (bicyclic) bond motifs is 1. The van der Waals surface area contributed by atoms with E-state index in [0.717, 1.165) is 47.5 Å². The zero-order valence-corrected chi connectivity index (χ0v) is 12.7. The molecule has 1 N–H and O–H groups in total. The third-order valence-electron chi connectivity index (χ3n) is 3.90. The van der Waals surface area contributed by atoms with Crippen molar-refractivity contribution in [3.63, 3.8) is 0 Å². The molecule has 3 rings (SSSR count). The van der Waals surface area contributed by atoms with Crippen molar-refractivity contribution in [2.24, 2.45) is 0 Å². The van der Waals surface area contributed by atoms with Gasteiger partial charge in [-0.3, -0.25) is 0 Å². The highest BCUT2D eigenvalue weighted by atomic mass is 32.2. The Morgan fingerprint density at radius 3 is 2.57 bits per heavy atom. The number of aromatic nitrogens is 1. The second-order valence-corrected chi connectivity index (χ2v) is 5.96. The highest BCUT2D eigenvalue weighted by Crippen LogP contribution is 2.37. The molecule has 0 saturated heterocycles. The lowest BCUT2D eigenvalue weighted by molar-refractivity contribution is 0.475. The molecule has 2 aromatic rings. The van der Waals surface area contributed by atoms with Crippen LogP contribution >= 0.6 is 11.8 Å². The Morgan fingerprint density at radius 1 is 1.19 bits per heavy atom. The van der Waals surface area contributed by atoms with Crippen LogP contribution in [0.15, 0.2) is 29.3 Å². The predicted octanol–water partition coefficient (Wildman–Crippen LogP) is 3.93. The van der Waals surface area contributed by atoms with Crippen LogP contribution in [-0.2, 0) is 12.8 Å². The van der Waals surface area contributed by atoms with Crippen LogP contribution in [0.3, 0.4) is 0 Å². The third-order valence-corrected chi connectivity index (χ3v) is 4.58. The van der Waals surface area contributed by atoms with Gasteiger partial charge in [0.15, 0.2) is 0 Å². The van der Waals surface area contributed by atoms with E-state index in [1.165, 1.54) is 17.3 Å². The number of nitriles is 1. The zero-order valence-electron chi connectivity index (χ0n) is 11.9. The SMILES string of the molecule is CSc1nc2c(c(-c3ccc(O)cc3)c1C#N)CCCC2. The molecule has 4 heteroatoms. The summed E-state index contributed by atoms with van der Waals surface area (Å²) in [5, 5.41) is 19.9. The van der Waals surface area contributed by atoms with E-state index in [4.69, 9.17) is 4.98 Å². The van der Waals surface area contributed by atoms with Gasteiger partial charge in [0, 0.05) is 11.3 Å². The molecule has 21 heavy (non-hydrogen) atoms. The second-order valence-electron chi connectivity index (χ2n) is 5.16. The highest BCUT2D eigenvalue weighted by Gasteiger charge is 2.22. The van der Waals surface area contributed by atoms with Crippen molar-refractivity contribution in [3.05, 3.63) is 41.1 Å². The smallest absolute Gasteiger partial charge is 0.115 e. The van der Waals surface area contributed by atoms with Gasteiger partial charge in [0.25, 0.3) is 0 Å². The van der Waals surface area contributed by atoms with Crippen molar-refractivity contribution in [1.82, 2.24) is 4.98 Å². The molecule has 0 fully saturated rings. The minimum Gasteiger partial charge on any atom is -0.508 e. The molecule has 1 aliphatic rings. The fraction of sp³-hybridized carbons (Fsp3) is 0.294. The number of hydrogen-bond donors (Lipinski definition) is 1. The summed E-state index contributed by atoms with van der Waals surface area (Å²) in [6.45, 7) is 0. The molecule has 0 spiro atoms. The molecule has 0 aliphatic heterocycles. The minimum absolute atomic E-state index is 0.241. The van der Waals surface area contributed by atoms with Crippen molar-refractivity contribution >= 4 is 11.8 Å². The standard InChI is InChI=1S/C17H16N2OS/c1-21-17-14(10-18)16(11-6-8-12(20)9-7-11)13-4-2-3-5-15(13)19-17/h6-9,20H,2-5H2,1H3. The van der Waals surface area contributed by atoms with Crippen LogP contribution in [0.4, 0.5) is 0 Å². The van der Waals surface area contributed by atoms with E-state index in [9.17, 15) is 10.4 Å². The summed E-state index contributed by atoms with van der Waals surface area (Å²) < 4.78 is 0. The maximum atomic E-state index is 9.60. The average molecular weight is 296 g/mol. The Morgan fingerprint density at radius 2 is 1.90 bits per heavy atom. The number of thioether (sulfide) groups is 1. The molecule has 1 aromatic carbocycles. The molecule has 0 bridgehead atoms. The molecule has 1 aromatic heterocycles. The van der Waals surface area contributed by atoms with Gasteiger partial charge in [0.05, 0.1) is 5.56 Å². The first-order valence-corrected chi connectivity index (χ1v) is 8.26. The summed E-state index contributed by atoms with van der Waals surface area (Å²) in [5.41, 5.74) is 4.99. The fourth-order valence-electron chi connectivity index (χ4n) is 2.92. The van der Waals surface area contributed by atoms with Gasteiger partial charge in [0.1, 0.15) is 16.8 Å². The molecule has 0 saturated carbocycles. The number of phenolic OH excluding ortho intramolecular Hbond substituents is 1. The van der Waals surface area contributed by atoms with E-state index < -0.39 is 0 Å². The van der Waals surface area contributed by atoms with Gasteiger partial charge in [-0.15, -0.1) is 11.8 Å². The second kappa shape index (κ2) is 5.79. The van der Waals surface area contributed by atoms with Crippen LogP contribution in [0.25, 0.3) is 11.1 Å². The lowest BCUT2D eigenvalue weighted by Crippen LogP contribution is -2.10.